The highest BCUT2D eigenvalue weighted by molar-refractivity contribution is 7.91. The number of aryl methyl sites for hydroxylation is 2. The summed E-state index contributed by atoms with van der Waals surface area (Å²) in [5, 5.41) is 3.35. The van der Waals surface area contributed by atoms with Crippen LogP contribution >= 0.6 is 0 Å². The van der Waals surface area contributed by atoms with E-state index in [1.54, 1.807) is 6.92 Å². The van der Waals surface area contributed by atoms with Crippen LogP contribution in [0.1, 0.15) is 42.9 Å². The molecule has 0 radical (unpaired) electrons. The molecule has 2 N–H and O–H groups in total. The summed E-state index contributed by atoms with van der Waals surface area (Å²) in [4.78, 5) is 19.0. The van der Waals surface area contributed by atoms with Crippen LogP contribution in [0.25, 0.3) is 0 Å². The second kappa shape index (κ2) is 5.65. The van der Waals surface area contributed by atoms with Crippen LogP contribution in [-0.4, -0.2) is 35.9 Å². The van der Waals surface area contributed by atoms with E-state index in [1.807, 2.05) is 13.8 Å². The maximum atomic E-state index is 12.0. The molecular weight excluding hydrogens is 278 g/mol. The average molecular weight is 299 g/mol. The fourth-order valence-electron chi connectivity index (χ4n) is 2.74. The van der Waals surface area contributed by atoms with Crippen molar-refractivity contribution in [3.8, 4) is 0 Å². The van der Waals surface area contributed by atoms with Gasteiger partial charge in [-0.1, -0.05) is 0 Å². The molecular formula is C13H21N3O3S. The zero-order chi connectivity index (χ0) is 14.9. The van der Waals surface area contributed by atoms with Gasteiger partial charge in [0.1, 0.15) is 15.7 Å². The van der Waals surface area contributed by atoms with Gasteiger partial charge in [0.15, 0.2) is 0 Å². The zero-order valence-electron chi connectivity index (χ0n) is 12.1. The van der Waals surface area contributed by atoms with E-state index >= 15 is 0 Å². The number of hydrogen-bond donors (Lipinski definition) is 2. The second-order valence-corrected chi connectivity index (χ2v) is 7.77. The van der Waals surface area contributed by atoms with E-state index < -0.39 is 9.84 Å². The number of aromatic nitrogens is 2. The summed E-state index contributed by atoms with van der Waals surface area (Å²) in [5.74, 6) is 1.05. The van der Waals surface area contributed by atoms with Crippen LogP contribution in [0, 0.1) is 13.8 Å². The Morgan fingerprint density at radius 3 is 2.45 bits per heavy atom. The summed E-state index contributed by atoms with van der Waals surface area (Å²) in [5.41, 5.74) is 1.22. The van der Waals surface area contributed by atoms with Crippen molar-refractivity contribution in [2.45, 2.75) is 45.7 Å². The minimum Gasteiger partial charge on any atom is -0.310 e. The molecule has 20 heavy (non-hydrogen) atoms. The van der Waals surface area contributed by atoms with Crippen molar-refractivity contribution < 1.29 is 8.42 Å². The second-order valence-electron chi connectivity index (χ2n) is 5.46. The monoisotopic (exact) mass is 299 g/mol. The Labute approximate surface area is 118 Å². The molecule has 1 unspecified atom stereocenters. The molecule has 1 fully saturated rings. The van der Waals surface area contributed by atoms with E-state index in [2.05, 4.69) is 15.3 Å². The van der Waals surface area contributed by atoms with Gasteiger partial charge < -0.3 is 10.3 Å². The predicted molar refractivity (Wildman–Crippen MR) is 77.6 cm³/mol. The molecule has 1 aromatic rings. The Hall–Kier alpha value is -1.21. The van der Waals surface area contributed by atoms with Crippen molar-refractivity contribution in [1.82, 2.24) is 15.3 Å². The molecule has 0 saturated carbocycles. The van der Waals surface area contributed by atoms with Gasteiger partial charge in [0, 0.05) is 17.8 Å². The SMILES string of the molecule is Cc1nc(C)c(C(C)NC2CCS(=O)(=O)CC2)c(=O)[nH]1. The predicted octanol–water partition coefficient (Wildman–Crippen LogP) is 0.615. The van der Waals surface area contributed by atoms with Crippen LogP contribution < -0.4 is 10.9 Å². The van der Waals surface area contributed by atoms with Crippen LogP contribution in [0.3, 0.4) is 0 Å². The van der Waals surface area contributed by atoms with E-state index in [9.17, 15) is 13.2 Å². The first-order valence-electron chi connectivity index (χ1n) is 6.82. The number of rotatable bonds is 3. The van der Waals surface area contributed by atoms with Gasteiger partial charge in [0.25, 0.3) is 5.56 Å². The Kier molecular flexibility index (Phi) is 4.29. The van der Waals surface area contributed by atoms with E-state index in [-0.39, 0.29) is 29.1 Å². The summed E-state index contributed by atoms with van der Waals surface area (Å²) in [6.07, 6.45) is 1.20. The fourth-order valence-corrected chi connectivity index (χ4v) is 4.23. The largest absolute Gasteiger partial charge is 0.310 e. The Morgan fingerprint density at radius 2 is 1.90 bits per heavy atom. The van der Waals surface area contributed by atoms with Gasteiger partial charge in [0.05, 0.1) is 17.1 Å². The maximum absolute atomic E-state index is 12.0. The molecule has 1 atom stereocenters. The highest BCUT2D eigenvalue weighted by Crippen LogP contribution is 2.17. The van der Waals surface area contributed by atoms with Gasteiger partial charge >= 0.3 is 0 Å². The van der Waals surface area contributed by atoms with Crippen molar-refractivity contribution in [2.75, 3.05) is 11.5 Å². The third kappa shape index (κ3) is 3.46. The fraction of sp³-hybridized carbons (Fsp3) is 0.692. The molecule has 0 spiro atoms. The topological polar surface area (TPSA) is 91.9 Å². The standard InChI is InChI=1S/C13H21N3O3S/c1-8-12(13(17)16-10(3)14-8)9(2)15-11-4-6-20(18,19)7-5-11/h9,11,15H,4-7H2,1-3H3,(H,14,16,17). The van der Waals surface area contributed by atoms with Gasteiger partial charge in [0.2, 0.25) is 0 Å². The van der Waals surface area contributed by atoms with Gasteiger partial charge in [-0.05, 0) is 33.6 Å². The summed E-state index contributed by atoms with van der Waals surface area (Å²) < 4.78 is 22.8. The molecule has 1 saturated heterocycles. The first-order valence-corrected chi connectivity index (χ1v) is 8.64. The molecule has 2 heterocycles. The number of aromatic amines is 1. The number of nitrogens with one attached hydrogen (secondary N) is 2. The lowest BCUT2D eigenvalue weighted by atomic mass is 10.1. The van der Waals surface area contributed by atoms with Crippen LogP contribution in [-0.2, 0) is 9.84 Å². The highest BCUT2D eigenvalue weighted by atomic mass is 32.2. The lowest BCUT2D eigenvalue weighted by Gasteiger charge is -2.27. The summed E-state index contributed by atoms with van der Waals surface area (Å²) >= 11 is 0. The first kappa shape index (κ1) is 15.2. The number of hydrogen-bond acceptors (Lipinski definition) is 5. The van der Waals surface area contributed by atoms with E-state index in [4.69, 9.17) is 0 Å². The summed E-state index contributed by atoms with van der Waals surface area (Å²) in [7, 11) is -2.86. The number of H-pyrrole nitrogens is 1. The Balaban J connectivity index is 2.10. The molecule has 0 aliphatic carbocycles. The quantitative estimate of drug-likeness (QED) is 0.853. The van der Waals surface area contributed by atoms with E-state index in [0.29, 0.717) is 24.2 Å². The molecule has 0 amide bonds. The third-order valence-corrected chi connectivity index (χ3v) is 5.45. The van der Waals surface area contributed by atoms with Crippen molar-refractivity contribution in [3.63, 3.8) is 0 Å². The summed E-state index contributed by atoms with van der Waals surface area (Å²) in [6.45, 7) is 5.49. The molecule has 7 heteroatoms. The molecule has 1 aliphatic heterocycles. The minimum atomic E-state index is -2.86. The van der Waals surface area contributed by atoms with E-state index in [1.165, 1.54) is 0 Å². The Morgan fingerprint density at radius 1 is 1.30 bits per heavy atom. The van der Waals surface area contributed by atoms with Crippen molar-refractivity contribution in [1.29, 1.82) is 0 Å². The van der Waals surface area contributed by atoms with Gasteiger partial charge in [-0.25, -0.2) is 13.4 Å². The van der Waals surface area contributed by atoms with Crippen LogP contribution in [0.15, 0.2) is 4.79 Å². The van der Waals surface area contributed by atoms with Gasteiger partial charge in [-0.3, -0.25) is 4.79 Å². The summed E-state index contributed by atoms with van der Waals surface area (Å²) in [6, 6.07) is -0.00807. The highest BCUT2D eigenvalue weighted by Gasteiger charge is 2.25. The molecule has 0 bridgehead atoms. The smallest absolute Gasteiger partial charge is 0.255 e. The molecule has 6 nitrogen and oxygen atoms in total. The zero-order valence-corrected chi connectivity index (χ0v) is 12.9. The molecule has 112 valence electrons. The lowest BCUT2D eigenvalue weighted by Crippen LogP contribution is -2.40. The number of sulfone groups is 1. The van der Waals surface area contributed by atoms with Crippen LogP contribution in [0.4, 0.5) is 0 Å². The number of nitrogens with zero attached hydrogens (tertiary/aromatic N) is 1. The molecule has 2 rings (SSSR count). The molecule has 0 aromatic carbocycles. The van der Waals surface area contributed by atoms with Gasteiger partial charge in [-0.15, -0.1) is 0 Å². The van der Waals surface area contributed by atoms with E-state index in [0.717, 1.165) is 5.69 Å². The Bertz CT molecular complexity index is 637. The van der Waals surface area contributed by atoms with Gasteiger partial charge in [-0.2, -0.15) is 0 Å². The molecule has 1 aromatic heterocycles. The first-order chi connectivity index (χ1) is 9.28. The lowest BCUT2D eigenvalue weighted by molar-refractivity contribution is 0.416. The van der Waals surface area contributed by atoms with Crippen LogP contribution in [0.5, 0.6) is 0 Å². The van der Waals surface area contributed by atoms with Crippen molar-refractivity contribution >= 4 is 9.84 Å². The van der Waals surface area contributed by atoms with Crippen LogP contribution in [0.2, 0.25) is 0 Å². The van der Waals surface area contributed by atoms with Crippen molar-refractivity contribution in [3.05, 3.63) is 27.4 Å². The normalized spacial score (nSPS) is 20.8. The molecule has 1 aliphatic rings. The third-order valence-electron chi connectivity index (χ3n) is 3.74. The average Bonchev–Trinajstić information content (AvgIpc) is 2.30. The minimum absolute atomic E-state index is 0.126. The maximum Gasteiger partial charge on any atom is 0.255 e. The van der Waals surface area contributed by atoms with Crippen molar-refractivity contribution in [2.24, 2.45) is 0 Å².